The van der Waals surface area contributed by atoms with Crippen molar-refractivity contribution in [1.82, 2.24) is 19.7 Å². The lowest BCUT2D eigenvalue weighted by atomic mass is 9.86. The van der Waals surface area contributed by atoms with Gasteiger partial charge >= 0.3 is 5.91 Å². The zero-order valence-electron chi connectivity index (χ0n) is 19.9. The lowest BCUT2D eigenvalue weighted by molar-refractivity contribution is -0.268. The summed E-state index contributed by atoms with van der Waals surface area (Å²) in [5.41, 5.74) is 3.63. The quantitative estimate of drug-likeness (QED) is 0.717. The van der Waals surface area contributed by atoms with Crippen LogP contribution in [0.1, 0.15) is 38.8 Å². The number of carbonyl (C=O) groups excluding carboxylic acids is 2. The third-order valence-electron chi connectivity index (χ3n) is 7.46. The summed E-state index contributed by atoms with van der Waals surface area (Å²) in [6.45, 7) is 9.52. The molecule has 1 fully saturated rings. The van der Waals surface area contributed by atoms with Crippen LogP contribution in [0.5, 0.6) is 0 Å². The Kier molecular flexibility index (Phi) is 6.41. The van der Waals surface area contributed by atoms with Gasteiger partial charge in [-0.15, -0.1) is 0 Å². The Bertz CT molecular complexity index is 1030. The Hall–Kier alpha value is -2.97. The molecule has 0 spiro atoms. The van der Waals surface area contributed by atoms with Gasteiger partial charge in [-0.2, -0.15) is 0 Å². The van der Waals surface area contributed by atoms with Crippen LogP contribution < -0.4 is 19.8 Å². The summed E-state index contributed by atoms with van der Waals surface area (Å²) in [6, 6.07) is 9.68. The molecule has 0 bridgehead atoms. The van der Waals surface area contributed by atoms with E-state index in [9.17, 15) is 14.7 Å². The topological polar surface area (TPSA) is 88.6 Å². The first kappa shape index (κ1) is 23.2. The summed E-state index contributed by atoms with van der Waals surface area (Å²) in [4.78, 5) is 33.0. The second-order valence-corrected chi connectivity index (χ2v) is 9.16. The van der Waals surface area contributed by atoms with E-state index in [0.29, 0.717) is 13.0 Å². The van der Waals surface area contributed by atoms with Crippen molar-refractivity contribution in [3.63, 3.8) is 0 Å². The third-order valence-corrected chi connectivity index (χ3v) is 7.46. The zero-order valence-corrected chi connectivity index (χ0v) is 19.9. The number of nitrogens with zero attached hydrogens (tertiary/aromatic N) is 4. The molecule has 1 saturated heterocycles. The first-order valence-corrected chi connectivity index (χ1v) is 11.7. The summed E-state index contributed by atoms with van der Waals surface area (Å²) in [5, 5.41) is 15.3. The maximum atomic E-state index is 12.7. The fraction of sp³-hybridized carbons (Fsp3) is 0.480. The van der Waals surface area contributed by atoms with Crippen LogP contribution in [0, 0.1) is 0 Å². The van der Waals surface area contributed by atoms with Gasteiger partial charge in [0.25, 0.3) is 0 Å². The number of amides is 2. The number of anilines is 1. The molecular formula is C25H33N5O3. The van der Waals surface area contributed by atoms with Gasteiger partial charge in [-0.25, -0.2) is 14.3 Å². The molecule has 2 aliphatic rings. The summed E-state index contributed by atoms with van der Waals surface area (Å²) in [6.07, 6.45) is 1.23. The molecule has 176 valence electrons. The van der Waals surface area contributed by atoms with Crippen molar-refractivity contribution in [3.05, 3.63) is 42.1 Å². The number of hydrogen-bond acceptors (Lipinski definition) is 6. The molecule has 33 heavy (non-hydrogen) atoms. The van der Waals surface area contributed by atoms with E-state index >= 15 is 0 Å². The molecule has 0 saturated carbocycles. The highest BCUT2D eigenvalue weighted by molar-refractivity contribution is 5.89. The van der Waals surface area contributed by atoms with Crippen LogP contribution in [0.3, 0.4) is 0 Å². The van der Waals surface area contributed by atoms with E-state index in [1.807, 2.05) is 51.4 Å². The van der Waals surface area contributed by atoms with Gasteiger partial charge in [0, 0.05) is 62.5 Å². The number of rotatable bonds is 4. The van der Waals surface area contributed by atoms with Gasteiger partial charge in [0.1, 0.15) is 17.6 Å². The molecule has 2 aliphatic heterocycles. The number of aromatic nitrogens is 1. The summed E-state index contributed by atoms with van der Waals surface area (Å²) in [7, 11) is 1.92. The van der Waals surface area contributed by atoms with Gasteiger partial charge < -0.3 is 25.0 Å². The number of benzene rings is 1. The Morgan fingerprint density at radius 3 is 2.48 bits per heavy atom. The maximum Gasteiger partial charge on any atom is 0.315 e. The number of fused-ring (bicyclic) bond motifs is 1. The Morgan fingerprint density at radius 2 is 1.91 bits per heavy atom. The fourth-order valence-electron chi connectivity index (χ4n) is 5.21. The summed E-state index contributed by atoms with van der Waals surface area (Å²) >= 11 is 0. The molecule has 1 N–H and O–H groups in total. The average Bonchev–Trinajstić information content (AvgIpc) is 2.82. The Labute approximate surface area is 195 Å². The Balaban J connectivity index is 1.76. The molecule has 1 aromatic carbocycles. The van der Waals surface area contributed by atoms with Gasteiger partial charge in [-0.1, -0.05) is 0 Å². The SMILES string of the molecule is CCN(C(=O)[O-])[C@@H]1C[C@H](C)[N+](C)(C(C)=O)c2ccc(-c3ccc(N4CCNCC4)nc3)cc21. The molecule has 8 nitrogen and oxygen atoms in total. The van der Waals surface area contributed by atoms with E-state index in [0.717, 1.165) is 54.4 Å². The minimum absolute atomic E-state index is 0.0356. The van der Waals surface area contributed by atoms with Crippen molar-refractivity contribution in [2.45, 2.75) is 39.3 Å². The van der Waals surface area contributed by atoms with E-state index < -0.39 is 6.09 Å². The monoisotopic (exact) mass is 451 g/mol. The Morgan fingerprint density at radius 1 is 1.21 bits per heavy atom. The largest absolute Gasteiger partial charge is 0.530 e. The number of pyridine rings is 1. The van der Waals surface area contributed by atoms with Gasteiger partial charge in [0.15, 0.2) is 0 Å². The van der Waals surface area contributed by atoms with E-state index in [1.165, 1.54) is 4.90 Å². The minimum Gasteiger partial charge on any atom is -0.530 e. The van der Waals surface area contributed by atoms with Crippen LogP contribution >= 0.6 is 0 Å². The molecule has 2 aromatic rings. The second kappa shape index (κ2) is 9.11. The highest BCUT2D eigenvalue weighted by Crippen LogP contribution is 2.45. The molecule has 4 rings (SSSR count). The van der Waals surface area contributed by atoms with Crippen LogP contribution in [0.2, 0.25) is 0 Å². The van der Waals surface area contributed by atoms with Gasteiger partial charge in [0.05, 0.1) is 26.1 Å². The molecule has 3 heterocycles. The lowest BCUT2D eigenvalue weighted by Gasteiger charge is -2.47. The fourth-order valence-corrected chi connectivity index (χ4v) is 5.21. The molecule has 1 unspecified atom stereocenters. The van der Waals surface area contributed by atoms with Crippen LogP contribution in [-0.2, 0) is 4.79 Å². The molecule has 1 aromatic heterocycles. The van der Waals surface area contributed by atoms with Crippen molar-refractivity contribution >= 4 is 23.5 Å². The zero-order chi connectivity index (χ0) is 23.8. The predicted octanol–water partition coefficient (Wildman–Crippen LogP) is 2.14. The normalized spacial score (nSPS) is 24.8. The van der Waals surface area contributed by atoms with Gasteiger partial charge in [-0.05, 0) is 43.7 Å². The van der Waals surface area contributed by atoms with Crippen molar-refractivity contribution in [2.24, 2.45) is 0 Å². The van der Waals surface area contributed by atoms with Gasteiger partial charge in [-0.3, -0.25) is 0 Å². The molecule has 3 atom stereocenters. The van der Waals surface area contributed by atoms with Crippen molar-refractivity contribution in [3.8, 4) is 11.1 Å². The van der Waals surface area contributed by atoms with Crippen molar-refractivity contribution in [2.75, 3.05) is 44.7 Å². The number of hydrogen-bond donors (Lipinski definition) is 1. The van der Waals surface area contributed by atoms with Crippen molar-refractivity contribution in [1.29, 1.82) is 0 Å². The number of quaternary nitrogens is 1. The van der Waals surface area contributed by atoms with E-state index in [2.05, 4.69) is 21.3 Å². The predicted molar refractivity (Wildman–Crippen MR) is 128 cm³/mol. The van der Waals surface area contributed by atoms with Crippen LogP contribution in [0.4, 0.5) is 16.3 Å². The van der Waals surface area contributed by atoms with Crippen molar-refractivity contribution < 1.29 is 14.7 Å². The van der Waals surface area contributed by atoms with E-state index in [-0.39, 0.29) is 22.5 Å². The van der Waals surface area contributed by atoms with Crippen LogP contribution in [0.15, 0.2) is 36.5 Å². The smallest absolute Gasteiger partial charge is 0.315 e. The molecule has 0 radical (unpaired) electrons. The summed E-state index contributed by atoms with van der Waals surface area (Å²) in [5.74, 6) is 0.994. The minimum atomic E-state index is -1.19. The van der Waals surface area contributed by atoms with E-state index in [4.69, 9.17) is 0 Å². The van der Waals surface area contributed by atoms with Crippen LogP contribution in [-0.4, -0.2) is 67.7 Å². The standard InChI is InChI=1S/C25H33N5O3/c1-5-29(25(32)33)22-14-17(2)30(4,18(3)31)23-8-6-19(15-21(22)23)20-7-9-24(27-16-20)28-12-10-26-11-13-28/h6-9,15-17,22,26H,5,10-14H2,1-4H3/t17-,22+,30?/m0/s1. The van der Waals surface area contributed by atoms with E-state index in [1.54, 1.807) is 6.92 Å². The number of carboxylic acid groups (broad SMARTS) is 1. The maximum absolute atomic E-state index is 12.7. The molecule has 2 amide bonds. The highest BCUT2D eigenvalue weighted by Gasteiger charge is 2.47. The number of carbonyl (C=O) groups is 2. The molecular weight excluding hydrogens is 418 g/mol. The highest BCUT2D eigenvalue weighted by atomic mass is 16.4. The third kappa shape index (κ3) is 4.09. The number of nitrogens with one attached hydrogen (secondary N) is 1. The van der Waals surface area contributed by atoms with Gasteiger partial charge in [0.2, 0.25) is 0 Å². The summed E-state index contributed by atoms with van der Waals surface area (Å²) < 4.78 is 0.150. The lowest BCUT2D eigenvalue weighted by Crippen LogP contribution is -2.60. The number of piperazine rings is 1. The average molecular weight is 452 g/mol. The first-order chi connectivity index (χ1) is 15.8. The first-order valence-electron chi connectivity index (χ1n) is 11.7. The molecule has 0 aliphatic carbocycles. The molecule has 8 heteroatoms. The van der Waals surface area contributed by atoms with Crippen LogP contribution in [0.25, 0.3) is 11.1 Å². The second-order valence-electron chi connectivity index (χ2n) is 9.16.